The van der Waals surface area contributed by atoms with Gasteiger partial charge in [0.25, 0.3) is 0 Å². The van der Waals surface area contributed by atoms with Gasteiger partial charge in [-0.15, -0.1) is 0 Å². The Hall–Kier alpha value is -1.88. The number of nitriles is 2. The molecule has 0 atom stereocenters. The van der Waals surface area contributed by atoms with Gasteiger partial charge in [-0.05, 0) is 6.92 Å². The van der Waals surface area contributed by atoms with Crippen LogP contribution in [0.3, 0.4) is 0 Å². The zero-order valence-corrected chi connectivity index (χ0v) is 7.86. The first kappa shape index (κ1) is 11.1. The lowest BCUT2D eigenvalue weighted by atomic mass is 10.6. The number of nitrogens with zero attached hydrogens (tertiary/aromatic N) is 4. The van der Waals surface area contributed by atoms with Crippen LogP contribution in [0.1, 0.15) is 6.92 Å². The molecule has 1 heterocycles. The molecule has 0 radical (unpaired) electrons. The van der Waals surface area contributed by atoms with E-state index in [0.717, 1.165) is 13.2 Å². The maximum Gasteiger partial charge on any atom is 0.190 e. The van der Waals surface area contributed by atoms with Gasteiger partial charge in [0.1, 0.15) is 0 Å². The van der Waals surface area contributed by atoms with Crippen molar-refractivity contribution in [3.63, 3.8) is 0 Å². The molecule has 5 heteroatoms. The monoisotopic (exact) mass is 179 g/mol. The highest BCUT2D eigenvalue weighted by atomic mass is 15.3. The van der Waals surface area contributed by atoms with Crippen molar-refractivity contribution in [2.24, 2.45) is 0 Å². The first-order valence-corrected chi connectivity index (χ1v) is 3.90. The Labute approximate surface area is 78.5 Å². The lowest BCUT2D eigenvalue weighted by molar-refractivity contribution is 0.308. The van der Waals surface area contributed by atoms with E-state index in [1.54, 1.807) is 5.32 Å². The van der Waals surface area contributed by atoms with E-state index in [1.807, 2.05) is 0 Å². The maximum atomic E-state index is 7.48. The number of hydrogen-bond acceptors (Lipinski definition) is 5. The Morgan fingerprint density at radius 3 is 2.15 bits per heavy atom. The molecule has 5 nitrogen and oxygen atoms in total. The minimum Gasteiger partial charge on any atom is -0.362 e. The minimum absolute atomic E-state index is 1.05. The molecule has 0 fully saturated rings. The Morgan fingerprint density at radius 1 is 1.38 bits per heavy atom. The molecular weight excluding hydrogens is 166 g/mol. The van der Waals surface area contributed by atoms with Gasteiger partial charge < -0.3 is 9.80 Å². The Morgan fingerprint density at radius 2 is 2.00 bits per heavy atom. The molecule has 0 aromatic heterocycles. The smallest absolute Gasteiger partial charge is 0.190 e. The third-order valence-corrected chi connectivity index (χ3v) is 1.45. The lowest BCUT2D eigenvalue weighted by Gasteiger charge is -2.14. The number of nitrogens with one attached hydrogen (secondary N) is 1. The van der Waals surface area contributed by atoms with E-state index in [4.69, 9.17) is 10.5 Å². The summed E-state index contributed by atoms with van der Waals surface area (Å²) < 4.78 is 0. The molecule has 1 aliphatic heterocycles. The highest BCUT2D eigenvalue weighted by molar-refractivity contribution is 4.87. The first-order valence-electron chi connectivity index (χ1n) is 3.90. The predicted octanol–water partition coefficient (Wildman–Crippen LogP) is 0.221. The van der Waals surface area contributed by atoms with Crippen LogP contribution in [-0.2, 0) is 0 Å². The van der Waals surface area contributed by atoms with Crippen LogP contribution >= 0.6 is 0 Å². The van der Waals surface area contributed by atoms with Crippen molar-refractivity contribution in [1.82, 2.24) is 15.1 Å². The Balaban J connectivity index is 0.000000252. The van der Waals surface area contributed by atoms with Crippen molar-refractivity contribution in [2.45, 2.75) is 6.92 Å². The van der Waals surface area contributed by atoms with Crippen LogP contribution in [0.4, 0.5) is 0 Å². The lowest BCUT2D eigenvalue weighted by Crippen LogP contribution is -2.21. The maximum absolute atomic E-state index is 7.48. The fourth-order valence-electron chi connectivity index (χ4n) is 0.819. The van der Waals surface area contributed by atoms with Crippen LogP contribution < -0.4 is 5.32 Å². The largest absolute Gasteiger partial charge is 0.362 e. The molecule has 0 aromatic rings. The Kier molecular flexibility index (Phi) is 5.82. The van der Waals surface area contributed by atoms with E-state index in [0.29, 0.717) is 0 Å². The van der Waals surface area contributed by atoms with Crippen molar-refractivity contribution >= 4 is 0 Å². The van der Waals surface area contributed by atoms with Crippen molar-refractivity contribution in [2.75, 3.05) is 20.3 Å². The molecule has 13 heavy (non-hydrogen) atoms. The second-order valence-electron chi connectivity index (χ2n) is 2.45. The van der Waals surface area contributed by atoms with Gasteiger partial charge in [0.05, 0.1) is 6.67 Å². The third-order valence-electron chi connectivity index (χ3n) is 1.45. The van der Waals surface area contributed by atoms with Crippen LogP contribution in [0.25, 0.3) is 0 Å². The molecule has 70 valence electrons. The molecule has 0 spiro atoms. The highest BCUT2D eigenvalue weighted by Gasteiger charge is 2.03. The van der Waals surface area contributed by atoms with Gasteiger partial charge in [-0.2, -0.15) is 10.5 Å². The average molecular weight is 179 g/mol. The zero-order valence-electron chi connectivity index (χ0n) is 7.86. The van der Waals surface area contributed by atoms with Crippen LogP contribution in [0.15, 0.2) is 12.4 Å². The van der Waals surface area contributed by atoms with Crippen molar-refractivity contribution in [3.05, 3.63) is 12.4 Å². The van der Waals surface area contributed by atoms with E-state index in [-0.39, 0.29) is 0 Å². The van der Waals surface area contributed by atoms with Crippen LogP contribution in [0.5, 0.6) is 0 Å². The van der Waals surface area contributed by atoms with Gasteiger partial charge in [0.2, 0.25) is 0 Å². The molecule has 0 saturated heterocycles. The molecule has 1 rings (SSSR count). The summed E-state index contributed by atoms with van der Waals surface area (Å²) in [4.78, 5) is 4.41. The standard InChI is InChI=1S/C6H12N2.C2HN3/c1-3-8-5-4-7(2)6-8;3-1-5-2-4/h4-5H,3,6H2,1-2H3;5H. The molecule has 1 aliphatic rings. The molecule has 0 aliphatic carbocycles. The van der Waals surface area contributed by atoms with Crippen LogP contribution in [-0.4, -0.2) is 30.1 Å². The van der Waals surface area contributed by atoms with Crippen molar-refractivity contribution in [3.8, 4) is 12.4 Å². The molecule has 0 saturated carbocycles. The van der Waals surface area contributed by atoms with Crippen molar-refractivity contribution in [1.29, 1.82) is 10.5 Å². The normalized spacial score (nSPS) is 12.6. The second-order valence-corrected chi connectivity index (χ2v) is 2.45. The van der Waals surface area contributed by atoms with Gasteiger partial charge in [0, 0.05) is 26.0 Å². The van der Waals surface area contributed by atoms with E-state index < -0.39 is 0 Å². The minimum atomic E-state index is 1.05. The zero-order chi connectivity index (χ0) is 10.1. The molecule has 0 aromatic carbocycles. The van der Waals surface area contributed by atoms with Gasteiger partial charge in [-0.3, -0.25) is 0 Å². The van der Waals surface area contributed by atoms with E-state index >= 15 is 0 Å². The Bertz CT molecular complexity index is 222. The summed E-state index contributed by atoms with van der Waals surface area (Å²) in [6.07, 6.45) is 7.01. The number of rotatable bonds is 1. The molecule has 0 amide bonds. The summed E-state index contributed by atoms with van der Waals surface area (Å²) in [5.41, 5.74) is 0. The third kappa shape index (κ3) is 5.40. The average Bonchev–Trinajstić information content (AvgIpc) is 2.54. The van der Waals surface area contributed by atoms with Crippen LogP contribution in [0.2, 0.25) is 0 Å². The fourth-order valence-corrected chi connectivity index (χ4v) is 0.819. The van der Waals surface area contributed by atoms with Gasteiger partial charge in [-0.25, -0.2) is 5.32 Å². The second kappa shape index (κ2) is 6.81. The van der Waals surface area contributed by atoms with Gasteiger partial charge >= 0.3 is 0 Å². The summed E-state index contributed by atoms with van der Waals surface area (Å²) in [5, 5.41) is 16.7. The molecule has 0 bridgehead atoms. The van der Waals surface area contributed by atoms with Gasteiger partial charge in [-0.1, -0.05) is 0 Å². The van der Waals surface area contributed by atoms with E-state index in [9.17, 15) is 0 Å². The number of hydrogen-bond donors (Lipinski definition) is 1. The highest BCUT2D eigenvalue weighted by Crippen LogP contribution is 2.00. The van der Waals surface area contributed by atoms with Crippen LogP contribution in [0, 0.1) is 22.9 Å². The van der Waals surface area contributed by atoms with Gasteiger partial charge in [0.15, 0.2) is 12.4 Å². The first-order chi connectivity index (χ1) is 6.24. The summed E-state index contributed by atoms with van der Waals surface area (Å²) >= 11 is 0. The predicted molar refractivity (Wildman–Crippen MR) is 48.5 cm³/mol. The molecule has 1 N–H and O–H groups in total. The summed E-state index contributed by atoms with van der Waals surface area (Å²) in [5.74, 6) is 0. The summed E-state index contributed by atoms with van der Waals surface area (Å²) in [6.45, 7) is 4.32. The van der Waals surface area contributed by atoms with Crippen molar-refractivity contribution < 1.29 is 0 Å². The molecular formula is C8H13N5. The molecule has 0 unspecified atom stereocenters. The van der Waals surface area contributed by atoms with E-state index in [2.05, 4.69) is 36.2 Å². The van der Waals surface area contributed by atoms with E-state index in [1.165, 1.54) is 12.4 Å². The summed E-state index contributed by atoms with van der Waals surface area (Å²) in [6, 6.07) is 0. The topological polar surface area (TPSA) is 66.1 Å². The quantitative estimate of drug-likeness (QED) is 0.460. The summed E-state index contributed by atoms with van der Waals surface area (Å²) in [7, 11) is 2.08. The SMILES string of the molecule is CCN1C=CN(C)C1.N#CNC#N. The fraction of sp³-hybridized carbons (Fsp3) is 0.500.